The van der Waals surface area contributed by atoms with Crippen LogP contribution in [0, 0.1) is 0 Å². The number of rotatable bonds is 5. The Morgan fingerprint density at radius 3 is 2.48 bits per heavy atom. The lowest BCUT2D eigenvalue weighted by Gasteiger charge is -2.35. The first-order valence-electron chi connectivity index (χ1n) is 11.3. The molecular weight excluding hydrogens is 424 g/mol. The van der Waals surface area contributed by atoms with Crippen LogP contribution < -0.4 is 16.2 Å². The van der Waals surface area contributed by atoms with Gasteiger partial charge in [0.15, 0.2) is 5.82 Å². The summed E-state index contributed by atoms with van der Waals surface area (Å²) < 4.78 is 8.37. The average Bonchev–Trinajstić information content (AvgIpc) is 3.38. The molecule has 0 aromatic carbocycles. The van der Waals surface area contributed by atoms with Gasteiger partial charge in [-0.05, 0) is 6.92 Å². The maximum absolute atomic E-state index is 12.6. The minimum atomic E-state index is -0.171. The van der Waals surface area contributed by atoms with Crippen molar-refractivity contribution in [1.29, 1.82) is 0 Å². The van der Waals surface area contributed by atoms with E-state index in [4.69, 9.17) is 10.5 Å². The molecule has 0 aliphatic carbocycles. The van der Waals surface area contributed by atoms with Crippen molar-refractivity contribution in [1.82, 2.24) is 29.4 Å². The summed E-state index contributed by atoms with van der Waals surface area (Å²) in [5.74, 6) is 1.13. The van der Waals surface area contributed by atoms with Crippen LogP contribution in [0.2, 0.25) is 0 Å². The molecule has 0 atom stereocenters. The summed E-state index contributed by atoms with van der Waals surface area (Å²) >= 11 is 0. The molecule has 11 nitrogen and oxygen atoms in total. The van der Waals surface area contributed by atoms with Crippen molar-refractivity contribution in [3.63, 3.8) is 0 Å². The summed E-state index contributed by atoms with van der Waals surface area (Å²) in [5, 5.41) is 12.0. The van der Waals surface area contributed by atoms with Gasteiger partial charge in [0, 0.05) is 64.7 Å². The van der Waals surface area contributed by atoms with E-state index in [0.29, 0.717) is 43.6 Å². The van der Waals surface area contributed by atoms with Crippen LogP contribution in [0.4, 0.5) is 11.6 Å². The van der Waals surface area contributed by atoms with Crippen LogP contribution in [0.1, 0.15) is 27.2 Å². The minimum absolute atomic E-state index is 0.00361. The number of hydrogen-bond donors (Lipinski definition) is 2. The molecule has 0 saturated carbocycles. The van der Waals surface area contributed by atoms with Crippen LogP contribution in [0.5, 0.6) is 0 Å². The van der Waals surface area contributed by atoms with E-state index in [-0.39, 0.29) is 23.9 Å². The summed E-state index contributed by atoms with van der Waals surface area (Å²) in [6.45, 7) is 9.44. The number of amides is 1. The Balaban J connectivity index is 0.000000968. The number of methoxy groups -OCH3 is 1. The number of nitrogens with one attached hydrogen (secondary N) is 1. The standard InChI is InChI=1S/C19H26N8O3.C3H8/c1-4-25-10-12(17-16(19(25)29)18(20)22-21-17)13-9-14(24(2)23-13)26-5-7-27(8-6-26)15(28)11-30-3;1-3-2/h9-10H,4-8,11H2,1-3H3,(H3,20,21,22);3H2,1-2H3. The number of aromatic nitrogens is 5. The zero-order valence-electron chi connectivity index (χ0n) is 20.1. The fourth-order valence-electron chi connectivity index (χ4n) is 3.90. The lowest BCUT2D eigenvalue weighted by atomic mass is 10.1. The highest BCUT2D eigenvalue weighted by atomic mass is 16.5. The van der Waals surface area contributed by atoms with Gasteiger partial charge in [-0.3, -0.25) is 19.4 Å². The number of carbonyl (C=O) groups is 1. The van der Waals surface area contributed by atoms with Crippen molar-refractivity contribution >= 4 is 28.4 Å². The number of hydrogen-bond acceptors (Lipinski definition) is 7. The molecule has 180 valence electrons. The van der Waals surface area contributed by atoms with Crippen LogP contribution >= 0.6 is 0 Å². The van der Waals surface area contributed by atoms with Crippen molar-refractivity contribution in [2.75, 3.05) is 50.5 Å². The van der Waals surface area contributed by atoms with Crippen LogP contribution in [-0.4, -0.2) is 75.2 Å². The Morgan fingerprint density at radius 1 is 1.21 bits per heavy atom. The number of H-pyrrole nitrogens is 1. The summed E-state index contributed by atoms with van der Waals surface area (Å²) in [7, 11) is 3.41. The first-order chi connectivity index (χ1) is 15.9. The van der Waals surface area contributed by atoms with Crippen molar-refractivity contribution in [3.05, 3.63) is 22.6 Å². The molecule has 1 aliphatic heterocycles. The van der Waals surface area contributed by atoms with Crippen molar-refractivity contribution in [3.8, 4) is 11.3 Å². The second kappa shape index (κ2) is 10.5. The highest BCUT2D eigenvalue weighted by Crippen LogP contribution is 2.29. The Morgan fingerprint density at radius 2 is 1.88 bits per heavy atom. The minimum Gasteiger partial charge on any atom is -0.382 e. The summed E-state index contributed by atoms with van der Waals surface area (Å²) in [6.07, 6.45) is 3.04. The Hall–Kier alpha value is -3.34. The topological polar surface area (TPSA) is 127 Å². The number of carbonyl (C=O) groups excluding carboxylic acids is 1. The van der Waals surface area contributed by atoms with Crippen LogP contribution in [-0.2, 0) is 23.1 Å². The lowest BCUT2D eigenvalue weighted by molar-refractivity contribution is -0.135. The van der Waals surface area contributed by atoms with Crippen LogP contribution in [0.15, 0.2) is 17.1 Å². The third-order valence-electron chi connectivity index (χ3n) is 5.52. The number of pyridine rings is 1. The molecule has 1 amide bonds. The monoisotopic (exact) mass is 458 g/mol. The van der Waals surface area contributed by atoms with Crippen molar-refractivity contribution in [2.24, 2.45) is 7.05 Å². The Kier molecular flexibility index (Phi) is 7.75. The molecule has 0 radical (unpaired) electrons. The van der Waals surface area contributed by atoms with E-state index < -0.39 is 0 Å². The summed E-state index contributed by atoms with van der Waals surface area (Å²) in [5.41, 5.74) is 7.84. The van der Waals surface area contributed by atoms with Crippen molar-refractivity contribution < 1.29 is 9.53 Å². The average molecular weight is 459 g/mol. The molecule has 3 N–H and O–H groups in total. The number of nitrogen functional groups attached to an aromatic ring is 1. The number of nitrogens with zero attached hydrogens (tertiary/aromatic N) is 6. The van der Waals surface area contributed by atoms with Crippen LogP contribution in [0.3, 0.4) is 0 Å². The maximum atomic E-state index is 12.6. The second-order valence-corrected chi connectivity index (χ2v) is 8.01. The fraction of sp³-hybridized carbons (Fsp3) is 0.545. The zero-order valence-corrected chi connectivity index (χ0v) is 20.1. The van der Waals surface area contributed by atoms with E-state index in [1.807, 2.05) is 29.6 Å². The molecule has 1 fully saturated rings. The number of ether oxygens (including phenoxy) is 1. The predicted octanol–water partition coefficient (Wildman–Crippen LogP) is 1.44. The quantitative estimate of drug-likeness (QED) is 0.592. The largest absolute Gasteiger partial charge is 0.382 e. The van der Waals surface area contributed by atoms with Gasteiger partial charge in [-0.2, -0.15) is 10.2 Å². The molecule has 1 aliphatic rings. The van der Waals surface area contributed by atoms with Gasteiger partial charge >= 0.3 is 0 Å². The molecule has 11 heteroatoms. The first-order valence-corrected chi connectivity index (χ1v) is 11.3. The smallest absolute Gasteiger partial charge is 0.263 e. The van der Waals surface area contributed by atoms with E-state index in [1.165, 1.54) is 13.5 Å². The van der Waals surface area contributed by atoms with E-state index >= 15 is 0 Å². The highest BCUT2D eigenvalue weighted by molar-refractivity contribution is 5.97. The molecule has 4 heterocycles. The highest BCUT2D eigenvalue weighted by Gasteiger charge is 2.24. The van der Waals surface area contributed by atoms with Gasteiger partial charge in [0.2, 0.25) is 5.91 Å². The van der Waals surface area contributed by atoms with Gasteiger partial charge in [0.1, 0.15) is 17.8 Å². The molecule has 3 aromatic rings. The third kappa shape index (κ3) is 4.87. The molecular formula is C22H34N8O3. The zero-order chi connectivity index (χ0) is 24.1. The first kappa shape index (κ1) is 24.3. The van der Waals surface area contributed by atoms with Crippen LogP contribution in [0.25, 0.3) is 22.2 Å². The normalized spacial score (nSPS) is 13.8. The number of fused-ring (bicyclic) bond motifs is 1. The lowest BCUT2D eigenvalue weighted by Crippen LogP contribution is -2.50. The molecule has 3 aromatic heterocycles. The number of anilines is 2. The van der Waals surface area contributed by atoms with Gasteiger partial charge in [-0.15, -0.1) is 0 Å². The number of piperazine rings is 1. The number of aryl methyl sites for hydroxylation is 2. The summed E-state index contributed by atoms with van der Waals surface area (Å²) in [6, 6.07) is 1.99. The summed E-state index contributed by atoms with van der Waals surface area (Å²) in [4.78, 5) is 28.7. The van der Waals surface area contributed by atoms with E-state index in [0.717, 1.165) is 17.1 Å². The van der Waals surface area contributed by atoms with Gasteiger partial charge in [0.05, 0.1) is 11.2 Å². The molecule has 0 unspecified atom stereocenters. The fourth-order valence-corrected chi connectivity index (χ4v) is 3.90. The van der Waals surface area contributed by atoms with Gasteiger partial charge in [0.25, 0.3) is 5.56 Å². The van der Waals surface area contributed by atoms with Gasteiger partial charge in [-0.25, -0.2) is 0 Å². The molecule has 0 spiro atoms. The SMILES string of the molecule is CCC.CCn1cc(-c2cc(N3CCN(C(=O)COC)CC3)n(C)n2)c2[nH]nc(N)c2c1=O. The Bertz CT molecular complexity index is 1150. The molecule has 33 heavy (non-hydrogen) atoms. The van der Waals surface area contributed by atoms with E-state index in [1.54, 1.807) is 10.8 Å². The van der Waals surface area contributed by atoms with Crippen molar-refractivity contribution in [2.45, 2.75) is 33.7 Å². The Labute approximate surface area is 193 Å². The van der Waals surface area contributed by atoms with E-state index in [9.17, 15) is 9.59 Å². The van der Waals surface area contributed by atoms with Gasteiger partial charge < -0.3 is 24.8 Å². The predicted molar refractivity (Wildman–Crippen MR) is 129 cm³/mol. The molecule has 4 rings (SSSR count). The third-order valence-corrected chi connectivity index (χ3v) is 5.52. The molecule has 1 saturated heterocycles. The molecule has 0 bridgehead atoms. The second-order valence-electron chi connectivity index (χ2n) is 8.01. The maximum Gasteiger partial charge on any atom is 0.263 e. The number of aromatic amines is 1. The number of nitrogens with two attached hydrogens (primary N) is 1. The van der Waals surface area contributed by atoms with E-state index in [2.05, 4.69) is 34.0 Å². The van der Waals surface area contributed by atoms with Gasteiger partial charge in [-0.1, -0.05) is 20.3 Å².